The van der Waals surface area contributed by atoms with Gasteiger partial charge in [0.2, 0.25) is 10.0 Å². The number of hydrogen-bond donors (Lipinski definition) is 1. The third-order valence-electron chi connectivity index (χ3n) is 4.58. The Morgan fingerprint density at radius 1 is 1.12 bits per heavy atom. The first-order chi connectivity index (χ1) is 15.1. The normalized spacial score (nSPS) is 15.3. The number of ether oxygens (including phenoxy) is 2. The molecule has 174 valence electrons. The van der Waals surface area contributed by atoms with Crippen LogP contribution >= 0.6 is 0 Å². The zero-order valence-corrected chi connectivity index (χ0v) is 17.5. The zero-order chi connectivity index (χ0) is 23.4. The van der Waals surface area contributed by atoms with Gasteiger partial charge in [0.05, 0.1) is 23.0 Å². The fourth-order valence-electron chi connectivity index (χ4n) is 2.97. The molecule has 0 radical (unpaired) electrons. The minimum Gasteiger partial charge on any atom is -0.484 e. The lowest BCUT2D eigenvalue weighted by Gasteiger charge is -2.26. The third kappa shape index (κ3) is 6.08. The van der Waals surface area contributed by atoms with E-state index in [0.29, 0.717) is 5.56 Å². The van der Waals surface area contributed by atoms with E-state index in [9.17, 15) is 31.7 Å². The second kappa shape index (κ2) is 9.71. The van der Waals surface area contributed by atoms with Crippen LogP contribution in [0.15, 0.2) is 47.4 Å². The van der Waals surface area contributed by atoms with E-state index >= 15 is 0 Å². The van der Waals surface area contributed by atoms with Gasteiger partial charge in [-0.15, -0.1) is 0 Å². The topological polar surface area (TPSA) is 111 Å². The van der Waals surface area contributed by atoms with E-state index in [1.807, 2.05) is 0 Å². The summed E-state index contributed by atoms with van der Waals surface area (Å²) in [7, 11) is -3.90. The molecule has 3 rings (SSSR count). The van der Waals surface area contributed by atoms with Gasteiger partial charge in [0.25, 0.3) is 5.69 Å². The Hall–Kier alpha value is -2.90. The monoisotopic (exact) mass is 475 g/mol. The van der Waals surface area contributed by atoms with Crippen molar-refractivity contribution in [3.63, 3.8) is 0 Å². The highest BCUT2D eigenvalue weighted by molar-refractivity contribution is 7.89. The molecule has 32 heavy (non-hydrogen) atoms. The number of nitro benzene ring substituents is 1. The van der Waals surface area contributed by atoms with Crippen molar-refractivity contribution in [2.75, 3.05) is 38.2 Å². The molecule has 0 aromatic heterocycles. The van der Waals surface area contributed by atoms with Crippen LogP contribution in [-0.4, -0.2) is 56.7 Å². The largest absolute Gasteiger partial charge is 0.484 e. The quantitative estimate of drug-likeness (QED) is 0.461. The number of alkyl halides is 3. The summed E-state index contributed by atoms with van der Waals surface area (Å²) in [5.41, 5.74) is 0.321. The molecule has 1 aliphatic rings. The standard InChI is InChI=1S/C19H20F3N3O6S/c20-19(21,22)13-31-15-3-1-14(2-4-15)12-23-17-6-5-16(11-18(17)25(26)27)32(28,29)24-7-9-30-10-8-24/h1-6,11,23H,7-10,12-13H2. The van der Waals surface area contributed by atoms with Crippen LogP contribution in [0.4, 0.5) is 24.5 Å². The summed E-state index contributed by atoms with van der Waals surface area (Å²) in [4.78, 5) is 10.6. The van der Waals surface area contributed by atoms with Gasteiger partial charge in [-0.1, -0.05) is 12.1 Å². The number of nitrogens with one attached hydrogen (secondary N) is 1. The summed E-state index contributed by atoms with van der Waals surface area (Å²) >= 11 is 0. The summed E-state index contributed by atoms with van der Waals surface area (Å²) in [5.74, 6) is 0.0368. The molecule has 2 aromatic carbocycles. The van der Waals surface area contributed by atoms with E-state index in [0.717, 1.165) is 6.07 Å². The molecule has 1 heterocycles. The Bertz CT molecular complexity index is 1050. The second-order valence-electron chi connectivity index (χ2n) is 6.85. The zero-order valence-electron chi connectivity index (χ0n) is 16.7. The Labute approximate surface area is 181 Å². The number of hydrogen-bond acceptors (Lipinski definition) is 7. The molecule has 0 amide bonds. The van der Waals surface area contributed by atoms with Gasteiger partial charge in [-0.25, -0.2) is 8.42 Å². The number of halogens is 3. The molecular weight excluding hydrogens is 455 g/mol. The van der Waals surface area contributed by atoms with Gasteiger partial charge in [-0.05, 0) is 29.8 Å². The summed E-state index contributed by atoms with van der Waals surface area (Å²) < 4.78 is 73.1. The van der Waals surface area contributed by atoms with Crippen LogP contribution in [0.5, 0.6) is 5.75 Å². The predicted octanol–water partition coefficient (Wildman–Crippen LogP) is 3.17. The smallest absolute Gasteiger partial charge is 0.422 e. The van der Waals surface area contributed by atoms with Crippen LogP contribution in [0, 0.1) is 10.1 Å². The van der Waals surface area contributed by atoms with Crippen LogP contribution in [0.1, 0.15) is 5.56 Å². The molecule has 0 spiro atoms. The van der Waals surface area contributed by atoms with Gasteiger partial charge in [0, 0.05) is 25.7 Å². The van der Waals surface area contributed by atoms with E-state index in [4.69, 9.17) is 4.74 Å². The maximum atomic E-state index is 12.7. The van der Waals surface area contributed by atoms with Gasteiger partial charge < -0.3 is 14.8 Å². The van der Waals surface area contributed by atoms with Crippen molar-refractivity contribution in [3.05, 3.63) is 58.1 Å². The van der Waals surface area contributed by atoms with Crippen LogP contribution in [0.25, 0.3) is 0 Å². The molecule has 1 fully saturated rings. The van der Waals surface area contributed by atoms with E-state index < -0.39 is 33.4 Å². The lowest BCUT2D eigenvalue weighted by molar-refractivity contribution is -0.384. The van der Waals surface area contributed by atoms with Crippen molar-refractivity contribution in [1.82, 2.24) is 4.31 Å². The number of benzene rings is 2. The van der Waals surface area contributed by atoms with Crippen LogP contribution in [0.3, 0.4) is 0 Å². The average Bonchev–Trinajstić information content (AvgIpc) is 2.77. The van der Waals surface area contributed by atoms with E-state index in [1.165, 1.54) is 40.7 Å². The van der Waals surface area contributed by atoms with Crippen LogP contribution < -0.4 is 10.1 Å². The van der Waals surface area contributed by atoms with E-state index in [-0.39, 0.29) is 49.2 Å². The summed E-state index contributed by atoms with van der Waals surface area (Å²) in [6.07, 6.45) is -4.44. The second-order valence-corrected chi connectivity index (χ2v) is 8.79. The van der Waals surface area contributed by atoms with Crippen molar-refractivity contribution in [2.24, 2.45) is 0 Å². The fraction of sp³-hybridized carbons (Fsp3) is 0.368. The number of nitro groups is 1. The molecule has 13 heteroatoms. The van der Waals surface area contributed by atoms with Gasteiger partial charge in [0.1, 0.15) is 11.4 Å². The first kappa shape index (κ1) is 23.8. The third-order valence-corrected chi connectivity index (χ3v) is 6.48. The van der Waals surface area contributed by atoms with Crippen molar-refractivity contribution in [2.45, 2.75) is 17.6 Å². The van der Waals surface area contributed by atoms with Crippen LogP contribution in [-0.2, 0) is 21.3 Å². The minimum absolute atomic E-state index is 0.0368. The Morgan fingerprint density at radius 2 is 1.78 bits per heavy atom. The Kier molecular flexibility index (Phi) is 7.21. The number of nitrogens with zero attached hydrogens (tertiary/aromatic N) is 2. The highest BCUT2D eigenvalue weighted by Gasteiger charge is 2.29. The van der Waals surface area contributed by atoms with Crippen molar-refractivity contribution >= 4 is 21.4 Å². The number of rotatable bonds is 8. The maximum absolute atomic E-state index is 12.7. The van der Waals surface area contributed by atoms with Crippen molar-refractivity contribution in [1.29, 1.82) is 0 Å². The number of anilines is 1. The number of sulfonamides is 1. The van der Waals surface area contributed by atoms with Gasteiger partial charge >= 0.3 is 6.18 Å². The summed E-state index contributed by atoms with van der Waals surface area (Å²) in [5, 5.41) is 14.4. The molecule has 9 nitrogen and oxygen atoms in total. The molecule has 2 aromatic rings. The molecule has 0 bridgehead atoms. The average molecular weight is 475 g/mol. The van der Waals surface area contributed by atoms with Crippen molar-refractivity contribution in [3.8, 4) is 5.75 Å². The van der Waals surface area contributed by atoms with Gasteiger partial charge in [-0.2, -0.15) is 17.5 Å². The summed E-state index contributed by atoms with van der Waals surface area (Å²) in [6.45, 7) is -0.452. The highest BCUT2D eigenvalue weighted by atomic mass is 32.2. The van der Waals surface area contributed by atoms with Gasteiger partial charge in [-0.3, -0.25) is 10.1 Å². The first-order valence-electron chi connectivity index (χ1n) is 9.45. The molecule has 1 aliphatic heterocycles. The summed E-state index contributed by atoms with van der Waals surface area (Å²) in [6, 6.07) is 9.34. The van der Waals surface area contributed by atoms with Crippen LogP contribution in [0.2, 0.25) is 0 Å². The first-order valence-corrected chi connectivity index (χ1v) is 10.9. The maximum Gasteiger partial charge on any atom is 0.422 e. The molecule has 0 aliphatic carbocycles. The predicted molar refractivity (Wildman–Crippen MR) is 108 cm³/mol. The van der Waals surface area contributed by atoms with Gasteiger partial charge in [0.15, 0.2) is 6.61 Å². The Morgan fingerprint density at radius 3 is 2.38 bits per heavy atom. The lowest BCUT2D eigenvalue weighted by Crippen LogP contribution is -2.40. The molecule has 0 atom stereocenters. The van der Waals surface area contributed by atoms with Crippen molar-refractivity contribution < 1.29 is 36.0 Å². The fourth-order valence-corrected chi connectivity index (χ4v) is 4.40. The van der Waals surface area contributed by atoms with E-state index in [2.05, 4.69) is 10.1 Å². The number of morpholine rings is 1. The highest BCUT2D eigenvalue weighted by Crippen LogP contribution is 2.30. The molecule has 1 N–H and O–H groups in total. The molecule has 1 saturated heterocycles. The lowest BCUT2D eigenvalue weighted by atomic mass is 10.2. The molecule has 0 saturated carbocycles. The molecular formula is C19H20F3N3O6S. The van der Waals surface area contributed by atoms with E-state index in [1.54, 1.807) is 0 Å². The SMILES string of the molecule is O=[N+]([O-])c1cc(S(=O)(=O)N2CCOCC2)ccc1NCc1ccc(OCC(F)(F)F)cc1. The molecule has 0 unspecified atom stereocenters. The minimum atomic E-state index is -4.44. The Balaban J connectivity index is 1.71.